The van der Waals surface area contributed by atoms with E-state index in [-0.39, 0.29) is 11.3 Å². The zero-order chi connectivity index (χ0) is 14.4. The lowest BCUT2D eigenvalue weighted by atomic mass is 9.96. The average molecular weight is 292 g/mol. The van der Waals surface area contributed by atoms with Gasteiger partial charge in [0.05, 0.1) is 4.88 Å². The van der Waals surface area contributed by atoms with E-state index < -0.39 is 33.6 Å². The molecular weight excluding hydrogens is 286 g/mol. The fraction of sp³-hybridized carbons (Fsp3) is 0.500. The van der Waals surface area contributed by atoms with Crippen LogP contribution in [0.2, 0.25) is 0 Å². The highest BCUT2D eigenvalue weighted by Gasteiger charge is 2.54. The highest BCUT2D eigenvalue weighted by atomic mass is 32.1. The zero-order valence-corrected chi connectivity index (χ0v) is 9.50. The molecule has 1 aromatic rings. The van der Waals surface area contributed by atoms with Gasteiger partial charge in [-0.15, -0.1) is 11.3 Å². The van der Waals surface area contributed by atoms with Gasteiger partial charge in [-0.25, -0.2) is 4.98 Å². The predicted octanol–water partition coefficient (Wildman–Crippen LogP) is 2.62. The molecular formula is C8H6F6N2OS. The molecule has 18 heavy (non-hydrogen) atoms. The van der Waals surface area contributed by atoms with Crippen LogP contribution in [-0.4, -0.2) is 22.5 Å². The van der Waals surface area contributed by atoms with Crippen molar-refractivity contribution in [1.29, 1.82) is 0 Å². The SMILES string of the molecule is CC(N)(C(=O)c1cnc(C(F)(F)F)s1)C(F)(F)F. The molecule has 102 valence electrons. The van der Waals surface area contributed by atoms with Crippen molar-refractivity contribution in [1.82, 2.24) is 4.98 Å². The molecule has 1 heterocycles. The molecule has 0 aliphatic carbocycles. The first kappa shape index (κ1) is 14.9. The largest absolute Gasteiger partial charge is 0.443 e. The second-order valence-electron chi connectivity index (χ2n) is 3.56. The third-order valence-electron chi connectivity index (χ3n) is 2.03. The number of rotatable bonds is 2. The smallest absolute Gasteiger partial charge is 0.311 e. The Bertz CT molecular complexity index is 461. The van der Waals surface area contributed by atoms with Crippen molar-refractivity contribution in [3.8, 4) is 0 Å². The molecule has 0 spiro atoms. The summed E-state index contributed by atoms with van der Waals surface area (Å²) >= 11 is -0.175. The molecule has 0 bridgehead atoms. The summed E-state index contributed by atoms with van der Waals surface area (Å²) < 4.78 is 73.8. The first-order valence-electron chi connectivity index (χ1n) is 4.31. The summed E-state index contributed by atoms with van der Waals surface area (Å²) in [6.07, 6.45) is -9.44. The van der Waals surface area contributed by atoms with Gasteiger partial charge in [0.15, 0.2) is 10.5 Å². The normalized spacial score (nSPS) is 16.4. The number of thiazole rings is 1. The molecule has 1 rings (SSSR count). The number of ketones is 1. The highest BCUT2D eigenvalue weighted by Crippen LogP contribution is 2.36. The lowest BCUT2D eigenvalue weighted by molar-refractivity contribution is -0.165. The molecule has 2 N–H and O–H groups in total. The van der Waals surface area contributed by atoms with E-state index in [1.165, 1.54) is 0 Å². The Morgan fingerprint density at radius 1 is 1.28 bits per heavy atom. The Morgan fingerprint density at radius 2 is 1.78 bits per heavy atom. The van der Waals surface area contributed by atoms with Crippen LogP contribution < -0.4 is 5.73 Å². The van der Waals surface area contributed by atoms with Crippen LogP contribution in [0.5, 0.6) is 0 Å². The van der Waals surface area contributed by atoms with Crippen LogP contribution in [0.1, 0.15) is 21.6 Å². The van der Waals surface area contributed by atoms with E-state index in [4.69, 9.17) is 5.73 Å². The van der Waals surface area contributed by atoms with Gasteiger partial charge >= 0.3 is 12.4 Å². The number of hydrogen-bond donors (Lipinski definition) is 1. The number of hydrogen-bond acceptors (Lipinski definition) is 4. The summed E-state index contributed by atoms with van der Waals surface area (Å²) in [6.45, 7) is 0.391. The van der Waals surface area contributed by atoms with Crippen molar-refractivity contribution < 1.29 is 31.1 Å². The fourth-order valence-corrected chi connectivity index (χ4v) is 1.73. The third-order valence-corrected chi connectivity index (χ3v) is 3.07. The Balaban J connectivity index is 3.10. The summed E-state index contributed by atoms with van der Waals surface area (Å²) in [5.41, 5.74) is 1.56. The molecule has 10 heteroatoms. The Morgan fingerprint density at radius 3 is 2.11 bits per heavy atom. The summed E-state index contributed by atoms with van der Waals surface area (Å²) in [4.78, 5) is 13.5. The molecule has 0 fully saturated rings. The number of nitrogens with zero attached hydrogens (tertiary/aromatic N) is 1. The minimum atomic E-state index is -5.06. The van der Waals surface area contributed by atoms with Crippen LogP contribution in [0, 0.1) is 0 Å². The van der Waals surface area contributed by atoms with Crippen LogP contribution in [0.25, 0.3) is 0 Å². The maximum atomic E-state index is 12.4. The number of Topliss-reactive ketones (excluding diaryl/α,β-unsaturated/α-hetero) is 1. The van der Waals surface area contributed by atoms with Crippen molar-refractivity contribution in [2.45, 2.75) is 24.8 Å². The summed E-state index contributed by atoms with van der Waals surface area (Å²) in [7, 11) is 0. The summed E-state index contributed by atoms with van der Waals surface area (Å²) in [6, 6.07) is 0. The number of carbonyl (C=O) groups is 1. The first-order chi connectivity index (χ1) is 7.87. The standard InChI is InChI=1S/C8H6F6N2OS/c1-6(15,8(12,13)14)4(17)3-2-16-5(18-3)7(9,10)11/h2H,15H2,1H3. The second-order valence-corrected chi connectivity index (χ2v) is 4.59. The molecule has 0 aromatic carbocycles. The van der Waals surface area contributed by atoms with E-state index >= 15 is 0 Å². The maximum Gasteiger partial charge on any atom is 0.443 e. The third kappa shape index (κ3) is 2.64. The molecule has 0 aliphatic heterocycles. The first-order valence-corrected chi connectivity index (χ1v) is 5.12. The topological polar surface area (TPSA) is 56.0 Å². The predicted molar refractivity (Wildman–Crippen MR) is 50.1 cm³/mol. The Labute approximate surface area is 101 Å². The second kappa shape index (κ2) is 4.19. The van der Waals surface area contributed by atoms with Gasteiger partial charge in [-0.2, -0.15) is 26.3 Å². The molecule has 1 aromatic heterocycles. The van der Waals surface area contributed by atoms with E-state index in [1.807, 2.05) is 0 Å². The number of halogens is 6. The van der Waals surface area contributed by atoms with E-state index in [0.717, 1.165) is 0 Å². The molecule has 0 aliphatic rings. The van der Waals surface area contributed by atoms with Crippen molar-refractivity contribution in [2.24, 2.45) is 5.73 Å². The van der Waals surface area contributed by atoms with E-state index in [2.05, 4.69) is 4.98 Å². The molecule has 0 saturated heterocycles. The van der Waals surface area contributed by atoms with Gasteiger partial charge in [0.25, 0.3) is 0 Å². The van der Waals surface area contributed by atoms with Crippen LogP contribution in [0.4, 0.5) is 26.3 Å². The van der Waals surface area contributed by atoms with Gasteiger partial charge < -0.3 is 5.73 Å². The molecule has 1 unspecified atom stereocenters. The van der Waals surface area contributed by atoms with Gasteiger partial charge in [0.1, 0.15) is 0 Å². The van der Waals surface area contributed by atoms with Gasteiger partial charge in [-0.1, -0.05) is 0 Å². The molecule has 0 saturated carbocycles. The van der Waals surface area contributed by atoms with Crippen LogP contribution in [0.3, 0.4) is 0 Å². The van der Waals surface area contributed by atoms with Crippen molar-refractivity contribution >= 4 is 17.1 Å². The van der Waals surface area contributed by atoms with Crippen LogP contribution >= 0.6 is 11.3 Å². The molecule has 0 radical (unpaired) electrons. The van der Waals surface area contributed by atoms with E-state index in [1.54, 1.807) is 0 Å². The van der Waals surface area contributed by atoms with E-state index in [9.17, 15) is 31.1 Å². The molecule has 0 amide bonds. The molecule has 1 atom stereocenters. The van der Waals surface area contributed by atoms with Crippen LogP contribution in [-0.2, 0) is 6.18 Å². The minimum Gasteiger partial charge on any atom is -0.311 e. The molecule has 3 nitrogen and oxygen atoms in total. The number of carbonyl (C=O) groups excluding carboxylic acids is 1. The lowest BCUT2D eigenvalue weighted by Gasteiger charge is -2.24. The Hall–Kier alpha value is -1.16. The zero-order valence-electron chi connectivity index (χ0n) is 8.69. The average Bonchev–Trinajstić information content (AvgIpc) is 2.62. The Kier molecular flexibility index (Phi) is 3.47. The number of aromatic nitrogens is 1. The monoisotopic (exact) mass is 292 g/mol. The van der Waals surface area contributed by atoms with Crippen molar-refractivity contribution in [2.75, 3.05) is 0 Å². The van der Waals surface area contributed by atoms with Gasteiger partial charge in [-0.3, -0.25) is 4.79 Å². The fourth-order valence-electron chi connectivity index (χ4n) is 0.895. The van der Waals surface area contributed by atoms with Crippen LogP contribution in [0.15, 0.2) is 6.20 Å². The number of alkyl halides is 6. The quantitative estimate of drug-likeness (QED) is 0.673. The van der Waals surface area contributed by atoms with Crippen molar-refractivity contribution in [3.05, 3.63) is 16.1 Å². The summed E-state index contributed by atoms with van der Waals surface area (Å²) in [5.74, 6) is -1.65. The highest BCUT2D eigenvalue weighted by molar-refractivity contribution is 7.13. The van der Waals surface area contributed by atoms with Gasteiger partial charge in [0, 0.05) is 6.20 Å². The van der Waals surface area contributed by atoms with Gasteiger partial charge in [-0.05, 0) is 6.92 Å². The number of nitrogens with two attached hydrogens (primary N) is 1. The maximum absolute atomic E-state index is 12.4. The minimum absolute atomic E-state index is 0.175. The van der Waals surface area contributed by atoms with Crippen molar-refractivity contribution in [3.63, 3.8) is 0 Å². The lowest BCUT2D eigenvalue weighted by Crippen LogP contribution is -2.56. The van der Waals surface area contributed by atoms with E-state index in [0.29, 0.717) is 13.1 Å². The summed E-state index contributed by atoms with van der Waals surface area (Å²) in [5, 5.41) is -1.40. The van der Waals surface area contributed by atoms with Gasteiger partial charge in [0.2, 0.25) is 5.78 Å².